The van der Waals surface area contributed by atoms with Crippen molar-refractivity contribution in [1.29, 1.82) is 0 Å². The smallest absolute Gasteiger partial charge is 0.256 e. The van der Waals surface area contributed by atoms with Crippen LogP contribution in [-0.4, -0.2) is 27.6 Å². The summed E-state index contributed by atoms with van der Waals surface area (Å²) in [5, 5.41) is 0. The first-order valence-electron chi connectivity index (χ1n) is 12.6. The van der Waals surface area contributed by atoms with E-state index in [1.807, 2.05) is 23.6 Å². The molecule has 35 heavy (non-hydrogen) atoms. The maximum Gasteiger partial charge on any atom is 0.256 e. The molecule has 2 aliphatic rings. The van der Waals surface area contributed by atoms with Gasteiger partial charge in [0.1, 0.15) is 11.3 Å². The Hall–Kier alpha value is -3.54. The van der Waals surface area contributed by atoms with Gasteiger partial charge in [0.05, 0.1) is 11.7 Å². The molecule has 0 saturated carbocycles. The van der Waals surface area contributed by atoms with Gasteiger partial charge in [0, 0.05) is 31.0 Å². The van der Waals surface area contributed by atoms with E-state index in [1.165, 1.54) is 17.2 Å². The van der Waals surface area contributed by atoms with Gasteiger partial charge in [-0.2, -0.15) is 0 Å². The lowest BCUT2D eigenvalue weighted by atomic mass is 9.86. The number of rotatable bonds is 3. The molecule has 0 amide bonds. The van der Waals surface area contributed by atoms with Crippen LogP contribution in [0.2, 0.25) is 0 Å². The number of para-hydroxylation sites is 1. The molecule has 5 nitrogen and oxygen atoms in total. The van der Waals surface area contributed by atoms with Gasteiger partial charge in [-0.1, -0.05) is 36.4 Å². The van der Waals surface area contributed by atoms with Crippen molar-refractivity contribution in [1.82, 2.24) is 14.5 Å². The number of piperidine rings is 1. The van der Waals surface area contributed by atoms with Crippen molar-refractivity contribution in [2.24, 2.45) is 0 Å². The minimum Gasteiger partial charge on any atom is -0.369 e. The molecular weight excluding hydrogens is 439 g/mol. The zero-order valence-corrected chi connectivity index (χ0v) is 20.0. The molecule has 6 heteroatoms. The molecule has 4 aromatic rings. The third-order valence-electron chi connectivity index (χ3n) is 7.78. The van der Waals surface area contributed by atoms with E-state index in [2.05, 4.69) is 39.1 Å². The van der Waals surface area contributed by atoms with Gasteiger partial charge in [-0.15, -0.1) is 0 Å². The largest absolute Gasteiger partial charge is 0.369 e. The summed E-state index contributed by atoms with van der Waals surface area (Å²) in [5.74, 6) is -0.0648. The maximum absolute atomic E-state index is 14.6. The molecule has 1 aliphatic carbocycles. The minimum absolute atomic E-state index is 0.0345. The molecule has 0 spiro atoms. The van der Waals surface area contributed by atoms with E-state index in [0.717, 1.165) is 61.8 Å². The molecule has 6 rings (SSSR count). The van der Waals surface area contributed by atoms with Crippen LogP contribution < -0.4 is 10.5 Å². The van der Waals surface area contributed by atoms with Crippen molar-refractivity contribution in [2.75, 3.05) is 18.0 Å². The molecular formula is C29H29FN4O. The summed E-state index contributed by atoms with van der Waals surface area (Å²) in [6, 6.07) is 15.6. The highest BCUT2D eigenvalue weighted by Crippen LogP contribution is 2.36. The van der Waals surface area contributed by atoms with Gasteiger partial charge in [-0.05, 0) is 73.8 Å². The van der Waals surface area contributed by atoms with Crippen LogP contribution in [0.25, 0.3) is 11.2 Å². The SMILES string of the molecule is Cc1cccc(F)c1N1CCC(c2cc3nccnc3n([C@H]3CCCc4ccccc43)c2=O)CC1. The van der Waals surface area contributed by atoms with Crippen LogP contribution in [0.15, 0.2) is 65.7 Å². The second-order valence-electron chi connectivity index (χ2n) is 9.81. The Bertz CT molecular complexity index is 1430. The van der Waals surface area contributed by atoms with Gasteiger partial charge < -0.3 is 4.90 Å². The fourth-order valence-electron chi connectivity index (χ4n) is 6.09. The van der Waals surface area contributed by atoms with Gasteiger partial charge >= 0.3 is 0 Å². The summed E-state index contributed by atoms with van der Waals surface area (Å²) in [6.07, 6.45) is 7.96. The lowest BCUT2D eigenvalue weighted by Gasteiger charge is -2.35. The molecule has 0 radical (unpaired) electrons. The summed E-state index contributed by atoms with van der Waals surface area (Å²) in [4.78, 5) is 25.4. The van der Waals surface area contributed by atoms with Gasteiger partial charge in [0.25, 0.3) is 5.56 Å². The zero-order chi connectivity index (χ0) is 23.9. The van der Waals surface area contributed by atoms with E-state index in [1.54, 1.807) is 18.5 Å². The lowest BCUT2D eigenvalue weighted by molar-refractivity contribution is 0.466. The molecule has 2 aromatic heterocycles. The molecule has 0 bridgehead atoms. The van der Waals surface area contributed by atoms with Crippen LogP contribution in [0.5, 0.6) is 0 Å². The predicted molar refractivity (Wildman–Crippen MR) is 137 cm³/mol. The third kappa shape index (κ3) is 3.81. The summed E-state index contributed by atoms with van der Waals surface area (Å²) in [5.41, 5.74) is 6.43. The van der Waals surface area contributed by atoms with E-state index in [0.29, 0.717) is 11.3 Å². The van der Waals surface area contributed by atoms with Crippen LogP contribution in [0.1, 0.15) is 59.9 Å². The van der Waals surface area contributed by atoms with Crippen LogP contribution in [-0.2, 0) is 6.42 Å². The van der Waals surface area contributed by atoms with E-state index >= 15 is 0 Å². The first-order chi connectivity index (χ1) is 17.1. The van der Waals surface area contributed by atoms with Gasteiger partial charge in [-0.25, -0.2) is 9.37 Å². The molecule has 0 unspecified atom stereocenters. The van der Waals surface area contributed by atoms with Gasteiger partial charge in [0.15, 0.2) is 5.65 Å². The first-order valence-corrected chi connectivity index (χ1v) is 12.6. The summed E-state index contributed by atoms with van der Waals surface area (Å²) in [7, 11) is 0. The lowest BCUT2D eigenvalue weighted by Crippen LogP contribution is -2.37. The summed E-state index contributed by atoms with van der Waals surface area (Å²) < 4.78 is 16.5. The molecule has 178 valence electrons. The van der Waals surface area contributed by atoms with E-state index in [9.17, 15) is 9.18 Å². The summed E-state index contributed by atoms with van der Waals surface area (Å²) in [6.45, 7) is 3.39. The Morgan fingerprint density at radius 3 is 2.57 bits per heavy atom. The Kier molecular flexibility index (Phi) is 5.59. The number of halogens is 1. The van der Waals surface area contributed by atoms with Crippen molar-refractivity contribution in [3.8, 4) is 0 Å². The van der Waals surface area contributed by atoms with E-state index in [4.69, 9.17) is 0 Å². The van der Waals surface area contributed by atoms with Crippen molar-refractivity contribution >= 4 is 16.9 Å². The minimum atomic E-state index is -0.178. The van der Waals surface area contributed by atoms with Crippen molar-refractivity contribution in [2.45, 2.75) is 51.0 Å². The molecule has 0 N–H and O–H groups in total. The maximum atomic E-state index is 14.6. The fraction of sp³-hybridized carbons (Fsp3) is 0.345. The number of aryl methyl sites for hydroxylation is 2. The van der Waals surface area contributed by atoms with Crippen molar-refractivity contribution in [3.05, 3.63) is 99.3 Å². The number of benzene rings is 2. The highest BCUT2D eigenvalue weighted by molar-refractivity contribution is 5.71. The molecule has 1 saturated heterocycles. The number of nitrogens with zero attached hydrogens (tertiary/aromatic N) is 4. The second kappa shape index (κ2) is 8.91. The first kappa shape index (κ1) is 22.0. The number of anilines is 1. The summed E-state index contributed by atoms with van der Waals surface area (Å²) >= 11 is 0. The monoisotopic (exact) mass is 468 g/mol. The number of hydrogen-bond donors (Lipinski definition) is 0. The Balaban J connectivity index is 1.39. The average molecular weight is 469 g/mol. The van der Waals surface area contributed by atoms with Crippen LogP contribution >= 0.6 is 0 Å². The Labute approximate surface area is 204 Å². The number of aromatic nitrogens is 3. The van der Waals surface area contributed by atoms with Crippen LogP contribution in [0, 0.1) is 12.7 Å². The molecule has 2 aromatic carbocycles. The Morgan fingerprint density at radius 1 is 0.943 bits per heavy atom. The zero-order valence-electron chi connectivity index (χ0n) is 20.0. The van der Waals surface area contributed by atoms with Crippen molar-refractivity contribution < 1.29 is 4.39 Å². The Morgan fingerprint density at radius 2 is 1.74 bits per heavy atom. The molecule has 1 atom stereocenters. The van der Waals surface area contributed by atoms with Gasteiger partial charge in [0.2, 0.25) is 0 Å². The van der Waals surface area contributed by atoms with Crippen molar-refractivity contribution in [3.63, 3.8) is 0 Å². The number of hydrogen-bond acceptors (Lipinski definition) is 4. The van der Waals surface area contributed by atoms with Crippen LogP contribution in [0.4, 0.5) is 10.1 Å². The normalized spacial score (nSPS) is 18.6. The predicted octanol–water partition coefficient (Wildman–Crippen LogP) is 5.55. The van der Waals surface area contributed by atoms with Crippen LogP contribution in [0.3, 0.4) is 0 Å². The standard InChI is InChI=1S/C29H29FN4O/c1-19-6-4-10-24(30)27(19)33-16-12-21(13-17-33)23-18-25-28(32-15-14-31-25)34(29(23)35)26-11-5-8-20-7-2-3-9-22(20)26/h2-4,6-7,9-10,14-15,18,21,26H,5,8,11-13,16-17H2,1H3/t26-/m0/s1. The molecule has 1 aliphatic heterocycles. The van der Waals surface area contributed by atoms with E-state index < -0.39 is 0 Å². The van der Waals surface area contributed by atoms with Gasteiger partial charge in [-0.3, -0.25) is 14.3 Å². The molecule has 1 fully saturated rings. The number of pyridine rings is 1. The average Bonchev–Trinajstić information content (AvgIpc) is 2.89. The topological polar surface area (TPSA) is 51.0 Å². The quantitative estimate of drug-likeness (QED) is 0.396. The second-order valence-corrected chi connectivity index (χ2v) is 9.81. The highest BCUT2D eigenvalue weighted by atomic mass is 19.1. The van der Waals surface area contributed by atoms with E-state index in [-0.39, 0.29) is 23.3 Å². The molecule has 3 heterocycles. The third-order valence-corrected chi connectivity index (χ3v) is 7.78. The number of fused-ring (bicyclic) bond motifs is 2. The highest BCUT2D eigenvalue weighted by Gasteiger charge is 2.30. The fourth-order valence-corrected chi connectivity index (χ4v) is 6.09.